The molecule has 0 atom stereocenters. The lowest BCUT2D eigenvalue weighted by atomic mass is 10.0. The molecule has 3 heterocycles. The number of para-hydroxylation sites is 3. The molecule has 0 radical (unpaired) electrons. The van der Waals surface area contributed by atoms with Crippen molar-refractivity contribution >= 4 is 65.6 Å². The predicted molar refractivity (Wildman–Crippen MR) is 193 cm³/mol. The van der Waals surface area contributed by atoms with Gasteiger partial charge in [-0.3, -0.25) is 0 Å². The highest BCUT2D eigenvalue weighted by molar-refractivity contribution is 6.13. The van der Waals surface area contributed by atoms with Gasteiger partial charge in [-0.2, -0.15) is 5.26 Å². The summed E-state index contributed by atoms with van der Waals surface area (Å²) in [6, 6.07) is 55.5. The minimum atomic E-state index is 0.657. The lowest BCUT2D eigenvalue weighted by Gasteiger charge is -2.09. The van der Waals surface area contributed by atoms with Crippen LogP contribution in [0.15, 0.2) is 156 Å². The molecule has 10 rings (SSSR count). The normalized spacial score (nSPS) is 11.8. The van der Waals surface area contributed by atoms with Crippen LogP contribution in [-0.2, 0) is 0 Å². The van der Waals surface area contributed by atoms with E-state index in [1.165, 1.54) is 43.7 Å². The van der Waals surface area contributed by atoms with Crippen LogP contribution in [0, 0.1) is 11.3 Å². The lowest BCUT2D eigenvalue weighted by Crippen LogP contribution is -1.94. The first kappa shape index (κ1) is 25.7. The maximum Gasteiger partial charge on any atom is 0.135 e. The average molecular weight is 600 g/mol. The summed E-state index contributed by atoms with van der Waals surface area (Å²) < 4.78 is 10.8. The van der Waals surface area contributed by atoms with E-state index in [-0.39, 0.29) is 0 Å². The molecule has 0 aliphatic rings. The van der Waals surface area contributed by atoms with Gasteiger partial charge in [0, 0.05) is 43.7 Å². The van der Waals surface area contributed by atoms with Gasteiger partial charge in [0.15, 0.2) is 0 Å². The molecule has 4 nitrogen and oxygen atoms in total. The first-order valence-electron chi connectivity index (χ1n) is 15.7. The zero-order chi connectivity index (χ0) is 31.1. The van der Waals surface area contributed by atoms with Crippen molar-refractivity contribution < 1.29 is 4.42 Å². The van der Waals surface area contributed by atoms with Crippen LogP contribution in [0.1, 0.15) is 5.56 Å². The molecule has 3 aromatic heterocycles. The van der Waals surface area contributed by atoms with Crippen molar-refractivity contribution in [1.29, 1.82) is 5.26 Å². The molecular formula is C43H25N3O. The van der Waals surface area contributed by atoms with Crippen LogP contribution in [0.2, 0.25) is 0 Å². The smallest absolute Gasteiger partial charge is 0.135 e. The number of furan rings is 1. The summed E-state index contributed by atoms with van der Waals surface area (Å²) in [4.78, 5) is 0. The van der Waals surface area contributed by atoms with Gasteiger partial charge in [-0.15, -0.1) is 0 Å². The Morgan fingerprint density at radius 3 is 1.55 bits per heavy atom. The fraction of sp³-hybridized carbons (Fsp3) is 0. The number of nitrogens with zero attached hydrogens (tertiary/aromatic N) is 3. The fourth-order valence-corrected chi connectivity index (χ4v) is 7.40. The van der Waals surface area contributed by atoms with Gasteiger partial charge in [0.05, 0.1) is 33.7 Å². The summed E-state index contributed by atoms with van der Waals surface area (Å²) in [6.45, 7) is 0. The van der Waals surface area contributed by atoms with Gasteiger partial charge < -0.3 is 13.6 Å². The number of rotatable bonds is 3. The molecule has 0 bridgehead atoms. The number of fused-ring (bicyclic) bond motifs is 9. The SMILES string of the molecule is N#Cc1ccc(-n2c3ccccc3c3cc(-c4ccc5c(c4)c4ccccc4n5-c4ccc5oc6ccccc6c5c4)ccc32)cc1. The van der Waals surface area contributed by atoms with E-state index < -0.39 is 0 Å². The van der Waals surface area contributed by atoms with Crippen molar-refractivity contribution in [3.05, 3.63) is 157 Å². The summed E-state index contributed by atoms with van der Waals surface area (Å²) in [7, 11) is 0. The van der Waals surface area contributed by atoms with Crippen molar-refractivity contribution in [3.63, 3.8) is 0 Å². The fourth-order valence-electron chi connectivity index (χ4n) is 7.40. The molecule has 0 unspecified atom stereocenters. The number of hydrogen-bond donors (Lipinski definition) is 0. The summed E-state index contributed by atoms with van der Waals surface area (Å²) in [5, 5.41) is 16.4. The van der Waals surface area contributed by atoms with E-state index in [0.717, 1.165) is 44.3 Å². The molecule has 0 spiro atoms. The van der Waals surface area contributed by atoms with Crippen LogP contribution in [-0.4, -0.2) is 9.13 Å². The molecule has 47 heavy (non-hydrogen) atoms. The Morgan fingerprint density at radius 1 is 0.404 bits per heavy atom. The highest BCUT2D eigenvalue weighted by Crippen LogP contribution is 2.39. The molecule has 0 aliphatic carbocycles. The predicted octanol–water partition coefficient (Wildman–Crippen LogP) is 11.3. The minimum Gasteiger partial charge on any atom is -0.456 e. The van der Waals surface area contributed by atoms with Crippen LogP contribution in [0.5, 0.6) is 0 Å². The Morgan fingerprint density at radius 2 is 0.915 bits per heavy atom. The standard InChI is InChI=1S/C43H25N3O/c44-26-27-13-17-30(18-14-27)45-38-10-4-1-7-32(38)35-23-28(15-20-40(35)45)29-16-21-41-36(24-29)33-8-2-5-11-39(33)46(41)31-19-22-43-37(25-31)34-9-3-6-12-42(34)47-43/h1-25H. The van der Waals surface area contributed by atoms with Gasteiger partial charge in [-0.1, -0.05) is 66.7 Å². The Kier molecular flexibility index (Phi) is 5.32. The van der Waals surface area contributed by atoms with E-state index in [1.54, 1.807) is 0 Å². The van der Waals surface area contributed by atoms with Gasteiger partial charge in [-0.25, -0.2) is 0 Å². The highest BCUT2D eigenvalue weighted by Gasteiger charge is 2.17. The van der Waals surface area contributed by atoms with Crippen LogP contribution in [0.4, 0.5) is 0 Å². The van der Waals surface area contributed by atoms with E-state index in [2.05, 4.69) is 130 Å². The van der Waals surface area contributed by atoms with Crippen molar-refractivity contribution in [2.24, 2.45) is 0 Å². The summed E-state index contributed by atoms with van der Waals surface area (Å²) >= 11 is 0. The second kappa shape index (κ2) is 9.71. The Hall–Kier alpha value is -6.57. The van der Waals surface area contributed by atoms with Crippen LogP contribution in [0.3, 0.4) is 0 Å². The Balaban J connectivity index is 1.16. The minimum absolute atomic E-state index is 0.657. The van der Waals surface area contributed by atoms with Crippen LogP contribution >= 0.6 is 0 Å². The second-order valence-corrected chi connectivity index (χ2v) is 12.1. The van der Waals surface area contributed by atoms with E-state index in [0.29, 0.717) is 5.56 Å². The van der Waals surface area contributed by atoms with Gasteiger partial charge in [0.2, 0.25) is 0 Å². The van der Waals surface area contributed by atoms with Gasteiger partial charge >= 0.3 is 0 Å². The first-order chi connectivity index (χ1) is 23.2. The topological polar surface area (TPSA) is 46.8 Å². The zero-order valence-corrected chi connectivity index (χ0v) is 25.2. The third-order valence-electron chi connectivity index (χ3n) is 9.55. The molecule has 0 fully saturated rings. The average Bonchev–Trinajstić information content (AvgIpc) is 3.78. The molecular weight excluding hydrogens is 574 g/mol. The largest absolute Gasteiger partial charge is 0.456 e. The summed E-state index contributed by atoms with van der Waals surface area (Å²) in [6.07, 6.45) is 0. The Bertz CT molecular complexity index is 2910. The van der Waals surface area contributed by atoms with Crippen LogP contribution < -0.4 is 0 Å². The van der Waals surface area contributed by atoms with Crippen LogP contribution in [0.25, 0.3) is 88.1 Å². The molecule has 0 N–H and O–H groups in total. The van der Waals surface area contributed by atoms with Gasteiger partial charge in [0.1, 0.15) is 11.2 Å². The van der Waals surface area contributed by atoms with E-state index in [4.69, 9.17) is 4.42 Å². The van der Waals surface area contributed by atoms with E-state index in [9.17, 15) is 5.26 Å². The van der Waals surface area contributed by atoms with Gasteiger partial charge in [-0.05, 0) is 96.1 Å². The highest BCUT2D eigenvalue weighted by atomic mass is 16.3. The molecule has 0 saturated carbocycles. The van der Waals surface area contributed by atoms with Crippen molar-refractivity contribution in [2.75, 3.05) is 0 Å². The number of nitriles is 1. The van der Waals surface area contributed by atoms with Crippen molar-refractivity contribution in [1.82, 2.24) is 9.13 Å². The molecule has 7 aromatic carbocycles. The van der Waals surface area contributed by atoms with E-state index >= 15 is 0 Å². The molecule has 0 amide bonds. The monoisotopic (exact) mass is 599 g/mol. The summed E-state index contributed by atoms with van der Waals surface area (Å²) in [5.74, 6) is 0. The maximum absolute atomic E-state index is 9.33. The maximum atomic E-state index is 9.33. The molecule has 0 aliphatic heterocycles. The third kappa shape index (κ3) is 3.75. The Labute approximate surface area is 269 Å². The third-order valence-corrected chi connectivity index (χ3v) is 9.55. The second-order valence-electron chi connectivity index (χ2n) is 12.1. The number of hydrogen-bond acceptors (Lipinski definition) is 2. The zero-order valence-electron chi connectivity index (χ0n) is 25.2. The molecule has 4 heteroatoms. The summed E-state index contributed by atoms with van der Waals surface area (Å²) in [5.41, 5.74) is 11.6. The first-order valence-corrected chi connectivity index (χ1v) is 15.7. The molecule has 10 aromatic rings. The number of benzene rings is 7. The quantitative estimate of drug-likeness (QED) is 0.203. The van der Waals surface area contributed by atoms with Gasteiger partial charge in [0.25, 0.3) is 0 Å². The molecule has 218 valence electrons. The van der Waals surface area contributed by atoms with Crippen molar-refractivity contribution in [2.45, 2.75) is 0 Å². The molecule has 0 saturated heterocycles. The van der Waals surface area contributed by atoms with Crippen molar-refractivity contribution in [3.8, 4) is 28.6 Å². The number of aromatic nitrogens is 2. The van der Waals surface area contributed by atoms with E-state index in [1.807, 2.05) is 36.4 Å². The lowest BCUT2D eigenvalue weighted by molar-refractivity contribution is 0.669.